The average Bonchev–Trinajstić information content (AvgIpc) is 2.74. The molecular formula is C21H24N4O3. The highest BCUT2D eigenvalue weighted by Gasteiger charge is 2.24. The normalized spacial score (nSPS) is 15.1. The Morgan fingerprint density at radius 1 is 1.00 bits per heavy atom. The van der Waals surface area contributed by atoms with Gasteiger partial charge in [-0.25, -0.2) is 0 Å². The van der Waals surface area contributed by atoms with E-state index in [1.54, 1.807) is 15.9 Å². The molecule has 28 heavy (non-hydrogen) atoms. The first kappa shape index (κ1) is 19.5. The fraction of sp³-hybridized carbons (Fsp3) is 0.333. The van der Waals surface area contributed by atoms with E-state index in [9.17, 15) is 14.4 Å². The number of rotatable bonds is 4. The van der Waals surface area contributed by atoms with Gasteiger partial charge < -0.3 is 15.1 Å². The Morgan fingerprint density at radius 2 is 1.64 bits per heavy atom. The van der Waals surface area contributed by atoms with Crippen LogP contribution < -0.4 is 5.32 Å². The van der Waals surface area contributed by atoms with Crippen molar-refractivity contribution >= 4 is 17.7 Å². The Balaban J connectivity index is 1.65. The van der Waals surface area contributed by atoms with Gasteiger partial charge in [0.05, 0.1) is 6.04 Å². The summed E-state index contributed by atoms with van der Waals surface area (Å²) in [7, 11) is 0. The number of carbonyl (C=O) groups excluding carboxylic acids is 3. The zero-order valence-electron chi connectivity index (χ0n) is 16.1. The molecule has 2 heterocycles. The molecule has 0 radical (unpaired) electrons. The van der Waals surface area contributed by atoms with Gasteiger partial charge in [-0.3, -0.25) is 19.4 Å². The first-order valence-electron chi connectivity index (χ1n) is 9.32. The van der Waals surface area contributed by atoms with Gasteiger partial charge in [-0.15, -0.1) is 0 Å². The molecule has 0 saturated carbocycles. The average molecular weight is 380 g/mol. The molecule has 1 atom stereocenters. The van der Waals surface area contributed by atoms with Crippen LogP contribution in [0.25, 0.3) is 0 Å². The van der Waals surface area contributed by atoms with E-state index in [1.165, 1.54) is 19.2 Å². The highest BCUT2D eigenvalue weighted by molar-refractivity contribution is 5.98. The smallest absolute Gasteiger partial charge is 0.272 e. The second kappa shape index (κ2) is 8.65. The molecule has 7 heteroatoms. The number of carbonyl (C=O) groups is 3. The van der Waals surface area contributed by atoms with E-state index >= 15 is 0 Å². The standard InChI is InChI=1S/C21H24N4O3/c1-15(17-6-4-3-5-7-17)23-20(27)18-8-9-22-19(14-18)21(28)25-12-10-24(11-13-25)16(2)26/h3-9,14-15H,10-13H2,1-2H3,(H,23,27). The van der Waals surface area contributed by atoms with Gasteiger partial charge in [0.2, 0.25) is 5.91 Å². The van der Waals surface area contributed by atoms with Crippen molar-refractivity contribution in [3.63, 3.8) is 0 Å². The zero-order valence-corrected chi connectivity index (χ0v) is 16.1. The molecule has 1 fully saturated rings. The van der Waals surface area contributed by atoms with Crippen LogP contribution in [0.1, 0.15) is 46.3 Å². The lowest BCUT2D eigenvalue weighted by atomic mass is 10.1. The van der Waals surface area contributed by atoms with E-state index in [2.05, 4.69) is 10.3 Å². The molecule has 3 amide bonds. The summed E-state index contributed by atoms with van der Waals surface area (Å²) in [5.74, 6) is -0.473. The maximum atomic E-state index is 12.7. The summed E-state index contributed by atoms with van der Waals surface area (Å²) in [5, 5.41) is 2.94. The molecule has 1 saturated heterocycles. The summed E-state index contributed by atoms with van der Waals surface area (Å²) < 4.78 is 0. The Kier molecular flexibility index (Phi) is 6.03. The van der Waals surface area contributed by atoms with Gasteiger partial charge >= 0.3 is 0 Å². The van der Waals surface area contributed by atoms with E-state index in [0.29, 0.717) is 31.7 Å². The molecule has 0 spiro atoms. The Bertz CT molecular complexity index is 861. The SMILES string of the molecule is CC(=O)N1CCN(C(=O)c2cc(C(=O)NC(C)c3ccccc3)ccn2)CC1. The first-order valence-corrected chi connectivity index (χ1v) is 9.32. The molecule has 1 aliphatic rings. The second-order valence-corrected chi connectivity index (χ2v) is 6.83. The van der Waals surface area contributed by atoms with Crippen LogP contribution in [0.2, 0.25) is 0 Å². The minimum atomic E-state index is -0.255. The maximum absolute atomic E-state index is 12.7. The third-order valence-corrected chi connectivity index (χ3v) is 4.90. The van der Waals surface area contributed by atoms with Gasteiger partial charge in [-0.1, -0.05) is 30.3 Å². The van der Waals surface area contributed by atoms with E-state index in [4.69, 9.17) is 0 Å². The molecular weight excluding hydrogens is 356 g/mol. The first-order chi connectivity index (χ1) is 13.5. The lowest BCUT2D eigenvalue weighted by molar-refractivity contribution is -0.130. The van der Waals surface area contributed by atoms with Crippen LogP contribution in [0.3, 0.4) is 0 Å². The monoisotopic (exact) mass is 380 g/mol. The molecule has 146 valence electrons. The molecule has 2 aromatic rings. The third-order valence-electron chi connectivity index (χ3n) is 4.90. The van der Waals surface area contributed by atoms with Crippen LogP contribution in [0.4, 0.5) is 0 Å². The Labute approximate surface area is 164 Å². The van der Waals surface area contributed by atoms with E-state index in [0.717, 1.165) is 5.56 Å². The number of pyridine rings is 1. The van der Waals surface area contributed by atoms with Crippen molar-refractivity contribution in [1.82, 2.24) is 20.1 Å². The van der Waals surface area contributed by atoms with Crippen molar-refractivity contribution in [3.05, 3.63) is 65.5 Å². The number of nitrogens with zero attached hydrogens (tertiary/aromatic N) is 3. The molecule has 1 N–H and O–H groups in total. The molecule has 7 nitrogen and oxygen atoms in total. The number of aromatic nitrogens is 1. The molecule has 1 unspecified atom stereocenters. The summed E-state index contributed by atoms with van der Waals surface area (Å²) in [6.07, 6.45) is 1.47. The molecule has 0 aliphatic carbocycles. The Hall–Kier alpha value is -3.22. The lowest BCUT2D eigenvalue weighted by Crippen LogP contribution is -2.50. The van der Waals surface area contributed by atoms with Crippen molar-refractivity contribution in [2.75, 3.05) is 26.2 Å². The third kappa shape index (κ3) is 4.54. The largest absolute Gasteiger partial charge is 0.346 e. The van der Waals surface area contributed by atoms with E-state index < -0.39 is 0 Å². The van der Waals surface area contributed by atoms with Crippen LogP contribution in [0.15, 0.2) is 48.7 Å². The van der Waals surface area contributed by atoms with Gasteiger partial charge in [0.1, 0.15) is 5.69 Å². The van der Waals surface area contributed by atoms with E-state index in [-0.39, 0.29) is 29.5 Å². The topological polar surface area (TPSA) is 82.6 Å². The number of nitrogens with one attached hydrogen (secondary N) is 1. The number of hydrogen-bond donors (Lipinski definition) is 1. The second-order valence-electron chi connectivity index (χ2n) is 6.83. The predicted molar refractivity (Wildman–Crippen MR) is 105 cm³/mol. The number of piperazine rings is 1. The van der Waals surface area contributed by atoms with Crippen LogP contribution in [0.5, 0.6) is 0 Å². The summed E-state index contributed by atoms with van der Waals surface area (Å²) in [6.45, 7) is 5.38. The van der Waals surface area contributed by atoms with Gasteiger partial charge in [0.25, 0.3) is 11.8 Å². The fourth-order valence-electron chi connectivity index (χ4n) is 3.18. The molecule has 1 aliphatic heterocycles. The highest BCUT2D eigenvalue weighted by Crippen LogP contribution is 2.14. The van der Waals surface area contributed by atoms with Crippen molar-refractivity contribution in [1.29, 1.82) is 0 Å². The summed E-state index contributed by atoms with van der Waals surface area (Å²) >= 11 is 0. The van der Waals surface area contributed by atoms with Crippen molar-refractivity contribution < 1.29 is 14.4 Å². The predicted octanol–water partition coefficient (Wildman–Crippen LogP) is 1.88. The minimum absolute atomic E-state index is 0.0106. The van der Waals surface area contributed by atoms with Crippen molar-refractivity contribution in [3.8, 4) is 0 Å². The van der Waals surface area contributed by atoms with Crippen LogP contribution in [-0.2, 0) is 4.79 Å². The van der Waals surface area contributed by atoms with Crippen LogP contribution in [0, 0.1) is 0 Å². The van der Waals surface area contributed by atoms with Gasteiger partial charge in [0, 0.05) is 44.9 Å². The number of benzene rings is 1. The molecule has 1 aromatic heterocycles. The summed E-state index contributed by atoms with van der Waals surface area (Å²) in [4.78, 5) is 44.2. The van der Waals surface area contributed by atoms with Gasteiger partial charge in [-0.05, 0) is 24.6 Å². The molecule has 0 bridgehead atoms. The summed E-state index contributed by atoms with van der Waals surface area (Å²) in [5.41, 5.74) is 1.63. The van der Waals surface area contributed by atoms with Gasteiger partial charge in [0.15, 0.2) is 0 Å². The van der Waals surface area contributed by atoms with Crippen LogP contribution >= 0.6 is 0 Å². The zero-order chi connectivity index (χ0) is 20.1. The Morgan fingerprint density at radius 3 is 2.29 bits per heavy atom. The number of hydrogen-bond acceptors (Lipinski definition) is 4. The quantitative estimate of drug-likeness (QED) is 0.878. The van der Waals surface area contributed by atoms with Gasteiger partial charge in [-0.2, -0.15) is 0 Å². The highest BCUT2D eigenvalue weighted by atomic mass is 16.2. The fourth-order valence-corrected chi connectivity index (χ4v) is 3.18. The van der Waals surface area contributed by atoms with Crippen molar-refractivity contribution in [2.45, 2.75) is 19.9 Å². The lowest BCUT2D eigenvalue weighted by Gasteiger charge is -2.34. The summed E-state index contributed by atoms with van der Waals surface area (Å²) in [6, 6.07) is 12.6. The molecule has 1 aromatic carbocycles. The van der Waals surface area contributed by atoms with Crippen molar-refractivity contribution in [2.24, 2.45) is 0 Å². The minimum Gasteiger partial charge on any atom is -0.346 e. The van der Waals surface area contributed by atoms with E-state index in [1.807, 2.05) is 37.3 Å². The maximum Gasteiger partial charge on any atom is 0.272 e. The molecule has 3 rings (SSSR count). The number of amides is 3. The van der Waals surface area contributed by atoms with Crippen LogP contribution in [-0.4, -0.2) is 58.7 Å².